The zero-order valence-corrected chi connectivity index (χ0v) is 14.8. The highest BCUT2D eigenvalue weighted by atomic mass is 16.1. The number of H-pyrrole nitrogens is 1. The summed E-state index contributed by atoms with van der Waals surface area (Å²) in [6, 6.07) is 8.27. The van der Waals surface area contributed by atoms with E-state index in [1.165, 1.54) is 10.9 Å². The van der Waals surface area contributed by atoms with Crippen molar-refractivity contribution in [3.8, 4) is 0 Å². The van der Waals surface area contributed by atoms with Crippen LogP contribution >= 0.6 is 0 Å². The third-order valence-electron chi connectivity index (χ3n) is 5.42. The molecule has 0 saturated heterocycles. The number of fused-ring (bicyclic) bond motifs is 1. The van der Waals surface area contributed by atoms with Crippen molar-refractivity contribution in [2.75, 3.05) is 6.54 Å². The van der Waals surface area contributed by atoms with Crippen molar-refractivity contribution in [3.05, 3.63) is 42.4 Å². The number of amides is 1. The number of benzene rings is 1. The lowest BCUT2D eigenvalue weighted by atomic mass is 9.81. The molecule has 2 N–H and O–H groups in total. The van der Waals surface area contributed by atoms with Gasteiger partial charge in [-0.2, -0.15) is 0 Å². The third-order valence-corrected chi connectivity index (χ3v) is 5.42. The second-order valence-corrected chi connectivity index (χ2v) is 7.15. The van der Waals surface area contributed by atoms with Crippen molar-refractivity contribution in [2.24, 2.45) is 11.8 Å². The summed E-state index contributed by atoms with van der Waals surface area (Å²) in [7, 11) is 0. The molecular weight excluding hydrogens is 328 g/mol. The van der Waals surface area contributed by atoms with E-state index in [2.05, 4.69) is 38.0 Å². The van der Waals surface area contributed by atoms with Gasteiger partial charge in [-0.25, -0.2) is 4.68 Å². The summed E-state index contributed by atoms with van der Waals surface area (Å²) in [6.07, 6.45) is 8.56. The fraction of sp³-hybridized carbons (Fsp3) is 0.474. The number of carbonyl (C=O) groups excluding carboxylic acids is 1. The van der Waals surface area contributed by atoms with Crippen molar-refractivity contribution in [2.45, 2.75) is 38.6 Å². The smallest absolute Gasteiger partial charge is 0.223 e. The third kappa shape index (κ3) is 3.76. The predicted octanol–water partition coefficient (Wildman–Crippen LogP) is 2.32. The van der Waals surface area contributed by atoms with E-state index in [0.717, 1.165) is 44.2 Å². The molecule has 136 valence electrons. The van der Waals surface area contributed by atoms with E-state index in [1.807, 2.05) is 18.3 Å². The molecule has 2 heterocycles. The average molecular weight is 352 g/mol. The number of aromatic amines is 1. The molecule has 1 fully saturated rings. The summed E-state index contributed by atoms with van der Waals surface area (Å²) < 4.78 is 1.78. The molecular formula is C19H24N6O. The van der Waals surface area contributed by atoms with Crippen molar-refractivity contribution in [1.82, 2.24) is 30.5 Å². The molecule has 0 radical (unpaired) electrons. The van der Waals surface area contributed by atoms with E-state index >= 15 is 0 Å². The van der Waals surface area contributed by atoms with Crippen molar-refractivity contribution >= 4 is 16.8 Å². The van der Waals surface area contributed by atoms with E-state index in [0.29, 0.717) is 12.5 Å². The topological polar surface area (TPSA) is 88.5 Å². The number of nitrogens with one attached hydrogen (secondary N) is 2. The van der Waals surface area contributed by atoms with Gasteiger partial charge < -0.3 is 10.3 Å². The fourth-order valence-electron chi connectivity index (χ4n) is 3.94. The number of hydrogen-bond donors (Lipinski definition) is 2. The number of tetrazole rings is 1. The maximum atomic E-state index is 12.5. The Morgan fingerprint density at radius 2 is 2.08 bits per heavy atom. The van der Waals surface area contributed by atoms with Gasteiger partial charge in [0, 0.05) is 36.1 Å². The maximum Gasteiger partial charge on any atom is 0.223 e. The van der Waals surface area contributed by atoms with E-state index in [4.69, 9.17) is 0 Å². The van der Waals surface area contributed by atoms with E-state index < -0.39 is 0 Å². The van der Waals surface area contributed by atoms with Crippen LogP contribution in [0.3, 0.4) is 0 Å². The zero-order chi connectivity index (χ0) is 17.8. The Balaban J connectivity index is 1.22. The average Bonchev–Trinajstić information content (AvgIpc) is 3.32. The molecule has 0 aliphatic heterocycles. The summed E-state index contributed by atoms with van der Waals surface area (Å²) in [5, 5.41) is 15.6. The van der Waals surface area contributed by atoms with Crippen molar-refractivity contribution in [1.29, 1.82) is 0 Å². The number of para-hydroxylation sites is 1. The lowest BCUT2D eigenvalue weighted by Gasteiger charge is -2.27. The van der Waals surface area contributed by atoms with Crippen molar-refractivity contribution in [3.63, 3.8) is 0 Å². The van der Waals surface area contributed by atoms with Crippen LogP contribution in [0.25, 0.3) is 10.9 Å². The van der Waals surface area contributed by atoms with E-state index in [1.54, 1.807) is 11.0 Å². The molecule has 7 nitrogen and oxygen atoms in total. The Bertz CT molecular complexity index is 848. The molecule has 1 amide bonds. The first-order valence-corrected chi connectivity index (χ1v) is 9.33. The quantitative estimate of drug-likeness (QED) is 0.712. The van der Waals surface area contributed by atoms with Gasteiger partial charge in [0.25, 0.3) is 0 Å². The highest BCUT2D eigenvalue weighted by molar-refractivity contribution is 5.83. The van der Waals surface area contributed by atoms with Crippen molar-refractivity contribution < 1.29 is 4.79 Å². The maximum absolute atomic E-state index is 12.5. The van der Waals surface area contributed by atoms with Crippen LogP contribution in [0.2, 0.25) is 0 Å². The van der Waals surface area contributed by atoms with Crippen LogP contribution in [0.4, 0.5) is 0 Å². The number of nitrogens with zero attached hydrogens (tertiary/aromatic N) is 4. The second-order valence-electron chi connectivity index (χ2n) is 7.15. The van der Waals surface area contributed by atoms with Gasteiger partial charge in [-0.3, -0.25) is 4.79 Å². The molecule has 2 aromatic heterocycles. The molecule has 0 spiro atoms. The van der Waals surface area contributed by atoms with Crippen LogP contribution in [-0.4, -0.2) is 37.6 Å². The summed E-state index contributed by atoms with van der Waals surface area (Å²) >= 11 is 0. The molecule has 26 heavy (non-hydrogen) atoms. The molecule has 1 aliphatic carbocycles. The van der Waals surface area contributed by atoms with Gasteiger partial charge in [0.1, 0.15) is 6.33 Å². The summed E-state index contributed by atoms with van der Waals surface area (Å²) in [5.41, 5.74) is 2.40. The monoisotopic (exact) mass is 352 g/mol. The molecule has 1 aliphatic rings. The van der Waals surface area contributed by atoms with Crippen LogP contribution in [0.1, 0.15) is 31.2 Å². The number of aromatic nitrogens is 5. The lowest BCUT2D eigenvalue weighted by Crippen LogP contribution is -2.34. The van der Waals surface area contributed by atoms with Gasteiger partial charge in [0.15, 0.2) is 0 Å². The Hall–Kier alpha value is -2.70. The number of rotatable bonds is 6. The highest BCUT2D eigenvalue weighted by Gasteiger charge is 2.26. The van der Waals surface area contributed by atoms with Gasteiger partial charge in [0.05, 0.1) is 0 Å². The Labute approximate surface area is 152 Å². The molecule has 3 aromatic rings. The van der Waals surface area contributed by atoms with Crippen LogP contribution in [-0.2, 0) is 17.8 Å². The minimum Gasteiger partial charge on any atom is -0.361 e. The van der Waals surface area contributed by atoms with Gasteiger partial charge in [0.2, 0.25) is 5.91 Å². The Morgan fingerprint density at radius 3 is 2.88 bits per heavy atom. The fourth-order valence-corrected chi connectivity index (χ4v) is 3.94. The van der Waals surface area contributed by atoms with Crippen LogP contribution in [0.15, 0.2) is 36.8 Å². The first-order valence-electron chi connectivity index (χ1n) is 9.33. The van der Waals surface area contributed by atoms with Crippen LogP contribution in [0, 0.1) is 11.8 Å². The standard InChI is InChI=1S/C19H24N6O/c26-19(15-7-5-14(6-8-15)12-25-13-22-23-24-25)20-10-9-16-11-21-18-4-2-1-3-17(16)18/h1-4,11,13-15,21H,5-10,12H2,(H,20,26). The molecule has 0 unspecified atom stereocenters. The molecule has 1 saturated carbocycles. The lowest BCUT2D eigenvalue weighted by molar-refractivity contribution is -0.126. The minimum atomic E-state index is 0.142. The second kappa shape index (κ2) is 7.68. The molecule has 4 rings (SSSR count). The highest BCUT2D eigenvalue weighted by Crippen LogP contribution is 2.29. The largest absolute Gasteiger partial charge is 0.361 e. The number of carbonyl (C=O) groups is 1. The van der Waals surface area contributed by atoms with E-state index in [-0.39, 0.29) is 11.8 Å². The normalized spacial score (nSPS) is 20.3. The predicted molar refractivity (Wildman–Crippen MR) is 98.3 cm³/mol. The van der Waals surface area contributed by atoms with Gasteiger partial charge in [-0.15, -0.1) is 5.10 Å². The zero-order valence-electron chi connectivity index (χ0n) is 14.8. The Morgan fingerprint density at radius 1 is 1.23 bits per heavy atom. The summed E-state index contributed by atoms with van der Waals surface area (Å²) in [6.45, 7) is 1.53. The molecule has 0 atom stereocenters. The van der Waals surface area contributed by atoms with Gasteiger partial charge in [-0.05, 0) is 60.1 Å². The molecule has 0 bridgehead atoms. The van der Waals surface area contributed by atoms with Gasteiger partial charge in [-0.1, -0.05) is 18.2 Å². The number of hydrogen-bond acceptors (Lipinski definition) is 4. The molecule has 1 aromatic carbocycles. The molecule has 7 heteroatoms. The summed E-state index contributed by atoms with van der Waals surface area (Å²) in [5.74, 6) is 0.905. The van der Waals surface area contributed by atoms with Gasteiger partial charge >= 0.3 is 0 Å². The van der Waals surface area contributed by atoms with Crippen LogP contribution < -0.4 is 5.32 Å². The van der Waals surface area contributed by atoms with Crippen LogP contribution in [0.5, 0.6) is 0 Å². The SMILES string of the molecule is O=C(NCCc1c[nH]c2ccccc12)C1CCC(Cn2cnnn2)CC1. The Kier molecular flexibility index (Phi) is 4.95. The minimum absolute atomic E-state index is 0.142. The summed E-state index contributed by atoms with van der Waals surface area (Å²) in [4.78, 5) is 15.7. The first-order chi connectivity index (χ1) is 12.8. The van der Waals surface area contributed by atoms with E-state index in [9.17, 15) is 4.79 Å². The first kappa shape index (κ1) is 16.8.